The maximum Gasteiger partial charge on any atom is 0.254 e. The number of H-pyrrole nitrogens is 2. The average Bonchev–Trinajstić information content (AvgIpc) is 3.32. The smallest absolute Gasteiger partial charge is 0.254 e. The molecule has 3 aromatic heterocycles. The van der Waals surface area contributed by atoms with Crippen LogP contribution in [0.5, 0.6) is 0 Å². The van der Waals surface area contributed by atoms with E-state index in [-0.39, 0.29) is 23.4 Å². The number of hydrogen-bond donors (Lipinski definition) is 2. The highest BCUT2D eigenvalue weighted by atomic mass is 16.2. The van der Waals surface area contributed by atoms with Crippen molar-refractivity contribution in [3.63, 3.8) is 0 Å². The van der Waals surface area contributed by atoms with Gasteiger partial charge in [0, 0.05) is 66.2 Å². The van der Waals surface area contributed by atoms with Crippen molar-refractivity contribution < 1.29 is 9.59 Å². The number of carbonyl (C=O) groups excluding carboxylic acids is 2. The van der Waals surface area contributed by atoms with Gasteiger partial charge in [0.1, 0.15) is 5.69 Å². The molecule has 0 spiro atoms. The molecule has 4 aromatic rings. The fraction of sp³-hybridized carbons (Fsp3) is 0.185. The number of pyridine rings is 2. The first-order chi connectivity index (χ1) is 16.9. The number of amides is 2. The van der Waals surface area contributed by atoms with Gasteiger partial charge >= 0.3 is 0 Å². The number of benzene rings is 1. The number of nitrogens with one attached hydrogen (secondary N) is 2. The topological polar surface area (TPSA) is 102 Å². The lowest BCUT2D eigenvalue weighted by molar-refractivity contribution is -0.128. The van der Waals surface area contributed by atoms with E-state index in [0.29, 0.717) is 53.2 Å². The molecule has 0 aliphatic carbocycles. The van der Waals surface area contributed by atoms with E-state index in [1.54, 1.807) is 46.5 Å². The van der Waals surface area contributed by atoms with Gasteiger partial charge in [-0.25, -0.2) is 0 Å². The van der Waals surface area contributed by atoms with E-state index in [0.717, 1.165) is 5.39 Å². The number of aromatic amines is 2. The molecule has 1 atom stereocenters. The van der Waals surface area contributed by atoms with E-state index < -0.39 is 0 Å². The third-order valence-corrected chi connectivity index (χ3v) is 6.41. The molecule has 0 radical (unpaired) electrons. The highest BCUT2D eigenvalue weighted by Gasteiger charge is 2.32. The molecule has 176 valence electrons. The molecule has 1 aromatic carbocycles. The Morgan fingerprint density at radius 3 is 2.60 bits per heavy atom. The fourth-order valence-electron chi connectivity index (χ4n) is 4.59. The summed E-state index contributed by atoms with van der Waals surface area (Å²) >= 11 is 0. The van der Waals surface area contributed by atoms with Crippen LogP contribution in [0.3, 0.4) is 0 Å². The summed E-state index contributed by atoms with van der Waals surface area (Å²) in [5, 5.41) is 0.795. The third kappa shape index (κ3) is 4.14. The SMILES string of the molecule is C=C(C(=O)N1CCN(C(=O)c2ccccc2)C[C@H]1C)c1c[nH]c2c(-c3cccc(=O)[nH]3)nccc12. The van der Waals surface area contributed by atoms with E-state index in [1.165, 1.54) is 6.07 Å². The number of nitrogens with zero attached hydrogens (tertiary/aromatic N) is 3. The lowest BCUT2D eigenvalue weighted by atomic mass is 10.0. The van der Waals surface area contributed by atoms with Gasteiger partial charge in [0.15, 0.2) is 0 Å². The molecule has 1 fully saturated rings. The van der Waals surface area contributed by atoms with Crippen molar-refractivity contribution in [2.75, 3.05) is 19.6 Å². The first kappa shape index (κ1) is 22.3. The maximum atomic E-state index is 13.4. The molecule has 4 heterocycles. The van der Waals surface area contributed by atoms with Gasteiger partial charge in [0.05, 0.1) is 11.2 Å². The molecule has 0 bridgehead atoms. The number of rotatable bonds is 4. The highest BCUT2D eigenvalue weighted by Crippen LogP contribution is 2.31. The Labute approximate surface area is 201 Å². The Balaban J connectivity index is 1.36. The summed E-state index contributed by atoms with van der Waals surface area (Å²) in [4.78, 5) is 52.0. The Bertz CT molecular complexity index is 1490. The summed E-state index contributed by atoms with van der Waals surface area (Å²) in [6.45, 7) is 7.39. The maximum absolute atomic E-state index is 13.4. The van der Waals surface area contributed by atoms with Crippen LogP contribution in [0.15, 0.2) is 78.4 Å². The molecule has 1 saturated heterocycles. The zero-order valence-corrected chi connectivity index (χ0v) is 19.3. The van der Waals surface area contributed by atoms with Crippen LogP contribution < -0.4 is 5.56 Å². The first-order valence-electron chi connectivity index (χ1n) is 11.4. The molecule has 1 aliphatic rings. The third-order valence-electron chi connectivity index (χ3n) is 6.41. The lowest BCUT2D eigenvalue weighted by Gasteiger charge is -2.40. The average molecular weight is 468 g/mol. The van der Waals surface area contributed by atoms with Gasteiger partial charge in [-0.3, -0.25) is 19.4 Å². The van der Waals surface area contributed by atoms with Gasteiger partial charge in [0.2, 0.25) is 5.56 Å². The summed E-state index contributed by atoms with van der Waals surface area (Å²) in [6.07, 6.45) is 3.39. The minimum atomic E-state index is -0.216. The summed E-state index contributed by atoms with van der Waals surface area (Å²) in [5.41, 5.74) is 3.36. The van der Waals surface area contributed by atoms with Crippen LogP contribution in [-0.2, 0) is 4.79 Å². The number of hydrogen-bond acceptors (Lipinski definition) is 4. The first-order valence-corrected chi connectivity index (χ1v) is 11.4. The molecule has 35 heavy (non-hydrogen) atoms. The van der Waals surface area contributed by atoms with Crippen molar-refractivity contribution in [2.24, 2.45) is 0 Å². The number of carbonyl (C=O) groups is 2. The minimum Gasteiger partial charge on any atom is -0.359 e. The van der Waals surface area contributed by atoms with Crippen molar-refractivity contribution >= 4 is 28.3 Å². The summed E-state index contributed by atoms with van der Waals surface area (Å²) in [5.74, 6) is -0.198. The van der Waals surface area contributed by atoms with Gasteiger partial charge in [-0.1, -0.05) is 30.8 Å². The number of aromatic nitrogens is 3. The summed E-state index contributed by atoms with van der Waals surface area (Å²) in [6, 6.07) is 15.7. The highest BCUT2D eigenvalue weighted by molar-refractivity contribution is 6.22. The molecular weight excluding hydrogens is 442 g/mol. The second-order valence-electron chi connectivity index (χ2n) is 8.66. The van der Waals surface area contributed by atoms with E-state index >= 15 is 0 Å². The van der Waals surface area contributed by atoms with E-state index in [2.05, 4.69) is 21.5 Å². The van der Waals surface area contributed by atoms with Crippen LogP contribution in [0.1, 0.15) is 22.8 Å². The van der Waals surface area contributed by atoms with E-state index in [4.69, 9.17) is 0 Å². The molecule has 8 heteroatoms. The van der Waals surface area contributed by atoms with Crippen molar-refractivity contribution in [3.05, 3.63) is 95.1 Å². The Hall–Kier alpha value is -4.46. The molecule has 5 rings (SSSR count). The lowest BCUT2D eigenvalue weighted by Crippen LogP contribution is -2.55. The van der Waals surface area contributed by atoms with Crippen LogP contribution in [0.4, 0.5) is 0 Å². The predicted octanol–water partition coefficient (Wildman–Crippen LogP) is 3.30. The van der Waals surface area contributed by atoms with E-state index in [1.807, 2.05) is 31.2 Å². The Morgan fingerprint density at radius 1 is 1.06 bits per heavy atom. The van der Waals surface area contributed by atoms with Crippen LogP contribution in [0.25, 0.3) is 27.9 Å². The van der Waals surface area contributed by atoms with Gasteiger partial charge in [0.25, 0.3) is 11.8 Å². The monoisotopic (exact) mass is 467 g/mol. The van der Waals surface area contributed by atoms with Gasteiger partial charge in [-0.15, -0.1) is 0 Å². The van der Waals surface area contributed by atoms with Crippen molar-refractivity contribution in [1.29, 1.82) is 0 Å². The van der Waals surface area contributed by atoms with Crippen molar-refractivity contribution in [2.45, 2.75) is 13.0 Å². The van der Waals surface area contributed by atoms with Gasteiger partial charge in [-0.2, -0.15) is 0 Å². The second kappa shape index (κ2) is 9.06. The van der Waals surface area contributed by atoms with Crippen LogP contribution in [-0.4, -0.2) is 62.2 Å². The molecule has 2 amide bonds. The zero-order valence-electron chi connectivity index (χ0n) is 19.3. The molecule has 8 nitrogen and oxygen atoms in total. The molecular formula is C27H25N5O3. The molecule has 1 aliphatic heterocycles. The minimum absolute atomic E-state index is 0.0287. The Morgan fingerprint density at radius 2 is 1.86 bits per heavy atom. The zero-order chi connectivity index (χ0) is 24.5. The normalized spacial score (nSPS) is 15.9. The summed E-state index contributed by atoms with van der Waals surface area (Å²) in [7, 11) is 0. The van der Waals surface area contributed by atoms with Crippen LogP contribution in [0.2, 0.25) is 0 Å². The predicted molar refractivity (Wildman–Crippen MR) is 135 cm³/mol. The quantitative estimate of drug-likeness (QED) is 0.450. The largest absolute Gasteiger partial charge is 0.359 e. The number of fused-ring (bicyclic) bond motifs is 1. The molecule has 0 unspecified atom stereocenters. The summed E-state index contributed by atoms with van der Waals surface area (Å²) < 4.78 is 0. The standard InChI is InChI=1S/C27H25N5O3/c1-17-16-31(27(35)19-7-4-3-5-8-19)13-14-32(17)26(34)18(2)21-15-29-24-20(21)11-12-28-25(24)22-9-6-10-23(33)30-22/h3-12,15,17,29H,2,13-14,16H2,1H3,(H,30,33)/t17-/m1/s1. The molecule has 0 saturated carbocycles. The number of piperazine rings is 1. The van der Waals surface area contributed by atoms with Crippen molar-refractivity contribution in [1.82, 2.24) is 24.8 Å². The van der Waals surface area contributed by atoms with E-state index in [9.17, 15) is 14.4 Å². The Kier molecular flexibility index (Phi) is 5.78. The second-order valence-corrected chi connectivity index (χ2v) is 8.66. The van der Waals surface area contributed by atoms with Crippen LogP contribution in [0, 0.1) is 0 Å². The van der Waals surface area contributed by atoms with Gasteiger partial charge < -0.3 is 19.8 Å². The van der Waals surface area contributed by atoms with Crippen LogP contribution >= 0.6 is 0 Å². The van der Waals surface area contributed by atoms with Crippen molar-refractivity contribution in [3.8, 4) is 11.4 Å². The molecule has 2 N–H and O–H groups in total. The van der Waals surface area contributed by atoms with Gasteiger partial charge in [-0.05, 0) is 31.2 Å². The fourth-order valence-corrected chi connectivity index (χ4v) is 4.59.